The Morgan fingerprint density at radius 2 is 1.61 bits per heavy atom. The summed E-state index contributed by atoms with van der Waals surface area (Å²) in [6.07, 6.45) is -0.990. The molecule has 4 rings (SSSR count). The Labute approximate surface area is 182 Å². The summed E-state index contributed by atoms with van der Waals surface area (Å²) >= 11 is 0. The standard InChI is InChI=1S/C24H24N2O4S/c1-16-7-10-20(11-8-16)31(28,29)26-15-23(30-22-12-9-18(3)14-21(22)26)24(27)25-19-6-4-5-17(2)13-19/h4-14,23H,15H2,1-3H3,(H,25,27)/t23-/m1/s1. The van der Waals surface area contributed by atoms with Crippen LogP contribution in [0, 0.1) is 20.8 Å². The fourth-order valence-corrected chi connectivity index (χ4v) is 4.98. The molecule has 0 radical (unpaired) electrons. The third-order valence-electron chi connectivity index (χ3n) is 5.17. The summed E-state index contributed by atoms with van der Waals surface area (Å²) in [6.45, 7) is 5.59. The molecule has 0 aliphatic carbocycles. The number of hydrogen-bond donors (Lipinski definition) is 1. The number of sulfonamides is 1. The molecule has 0 fully saturated rings. The van der Waals surface area contributed by atoms with Gasteiger partial charge < -0.3 is 10.1 Å². The highest BCUT2D eigenvalue weighted by molar-refractivity contribution is 7.92. The Kier molecular flexibility index (Phi) is 5.45. The Hall–Kier alpha value is -3.32. The lowest BCUT2D eigenvalue weighted by Crippen LogP contribution is -2.48. The maximum atomic E-state index is 13.5. The third kappa shape index (κ3) is 4.27. The molecule has 0 saturated carbocycles. The highest BCUT2D eigenvalue weighted by Crippen LogP contribution is 2.38. The number of nitrogens with zero attached hydrogens (tertiary/aromatic N) is 1. The SMILES string of the molecule is Cc1ccc(S(=O)(=O)N2C[C@H](C(=O)Nc3cccc(C)c3)Oc3ccc(C)cc32)cc1. The van der Waals surface area contributed by atoms with E-state index in [9.17, 15) is 13.2 Å². The smallest absolute Gasteiger partial charge is 0.267 e. The monoisotopic (exact) mass is 436 g/mol. The van der Waals surface area contributed by atoms with Gasteiger partial charge >= 0.3 is 0 Å². The number of carbonyl (C=O) groups is 1. The van der Waals surface area contributed by atoms with Crippen LogP contribution in [0.3, 0.4) is 0 Å². The number of hydrogen-bond acceptors (Lipinski definition) is 4. The molecule has 31 heavy (non-hydrogen) atoms. The van der Waals surface area contributed by atoms with Gasteiger partial charge in [-0.05, 0) is 68.3 Å². The maximum Gasteiger partial charge on any atom is 0.267 e. The van der Waals surface area contributed by atoms with Gasteiger partial charge in [0.1, 0.15) is 5.75 Å². The first-order chi connectivity index (χ1) is 14.7. The minimum Gasteiger partial charge on any atom is -0.476 e. The van der Waals surface area contributed by atoms with Gasteiger partial charge in [-0.3, -0.25) is 9.10 Å². The molecule has 0 saturated heterocycles. The van der Waals surface area contributed by atoms with Crippen LogP contribution in [0.5, 0.6) is 5.75 Å². The summed E-state index contributed by atoms with van der Waals surface area (Å²) in [4.78, 5) is 13.1. The van der Waals surface area contributed by atoms with Crippen LogP contribution in [0.25, 0.3) is 0 Å². The van der Waals surface area contributed by atoms with Crippen LogP contribution in [0.4, 0.5) is 11.4 Å². The molecular weight excluding hydrogens is 412 g/mol. The number of anilines is 2. The van der Waals surface area contributed by atoms with E-state index < -0.39 is 22.0 Å². The Balaban J connectivity index is 1.70. The van der Waals surface area contributed by atoms with Crippen molar-refractivity contribution in [1.82, 2.24) is 0 Å². The Bertz CT molecular complexity index is 1240. The van der Waals surface area contributed by atoms with Crippen LogP contribution in [0.1, 0.15) is 16.7 Å². The van der Waals surface area contributed by atoms with E-state index in [2.05, 4.69) is 5.32 Å². The van der Waals surface area contributed by atoms with E-state index in [4.69, 9.17) is 4.74 Å². The first-order valence-corrected chi connectivity index (χ1v) is 11.4. The number of aryl methyl sites for hydroxylation is 3. The highest BCUT2D eigenvalue weighted by atomic mass is 32.2. The van der Waals surface area contributed by atoms with Gasteiger partial charge in [-0.1, -0.05) is 35.9 Å². The van der Waals surface area contributed by atoms with E-state index in [0.717, 1.165) is 16.7 Å². The van der Waals surface area contributed by atoms with E-state index in [-0.39, 0.29) is 11.4 Å². The molecule has 0 spiro atoms. The van der Waals surface area contributed by atoms with Crippen molar-refractivity contribution in [2.75, 3.05) is 16.2 Å². The summed E-state index contributed by atoms with van der Waals surface area (Å²) in [5.41, 5.74) is 3.94. The van der Waals surface area contributed by atoms with E-state index in [1.807, 2.05) is 45.0 Å². The molecule has 0 bridgehead atoms. The predicted octanol–water partition coefficient (Wildman–Crippen LogP) is 4.21. The van der Waals surface area contributed by atoms with Crippen LogP contribution < -0.4 is 14.4 Å². The number of fused-ring (bicyclic) bond motifs is 1. The molecule has 0 aromatic heterocycles. The van der Waals surface area contributed by atoms with Crippen molar-refractivity contribution >= 4 is 27.3 Å². The molecule has 1 aliphatic rings. The second kappa shape index (κ2) is 8.07. The van der Waals surface area contributed by atoms with Crippen molar-refractivity contribution in [3.63, 3.8) is 0 Å². The van der Waals surface area contributed by atoms with Crippen LogP contribution in [-0.2, 0) is 14.8 Å². The number of nitrogens with one attached hydrogen (secondary N) is 1. The summed E-state index contributed by atoms with van der Waals surface area (Å²) in [7, 11) is -3.88. The van der Waals surface area contributed by atoms with E-state index in [0.29, 0.717) is 17.1 Å². The summed E-state index contributed by atoms with van der Waals surface area (Å²) < 4.78 is 34.1. The van der Waals surface area contributed by atoms with Crippen molar-refractivity contribution in [2.24, 2.45) is 0 Å². The highest BCUT2D eigenvalue weighted by Gasteiger charge is 2.37. The maximum absolute atomic E-state index is 13.5. The normalized spacial score (nSPS) is 15.7. The second-order valence-corrected chi connectivity index (χ2v) is 9.65. The Morgan fingerprint density at radius 1 is 0.935 bits per heavy atom. The summed E-state index contributed by atoms with van der Waals surface area (Å²) in [5, 5.41) is 2.83. The van der Waals surface area contributed by atoms with E-state index >= 15 is 0 Å². The minimum absolute atomic E-state index is 0.121. The zero-order chi connectivity index (χ0) is 22.2. The largest absolute Gasteiger partial charge is 0.476 e. The molecular formula is C24H24N2O4S. The molecule has 1 atom stereocenters. The number of rotatable bonds is 4. The molecule has 3 aromatic rings. The molecule has 160 valence electrons. The second-order valence-electron chi connectivity index (χ2n) is 7.79. The number of amides is 1. The molecule has 3 aromatic carbocycles. The number of carbonyl (C=O) groups excluding carboxylic acids is 1. The molecule has 0 unspecified atom stereocenters. The summed E-state index contributed by atoms with van der Waals surface area (Å²) in [6, 6.07) is 19.4. The molecule has 1 N–H and O–H groups in total. The van der Waals surface area contributed by atoms with Crippen molar-refractivity contribution in [3.8, 4) is 5.75 Å². The van der Waals surface area contributed by atoms with Crippen LogP contribution in [-0.4, -0.2) is 27.0 Å². The zero-order valence-corrected chi connectivity index (χ0v) is 18.4. The molecule has 1 heterocycles. The van der Waals surface area contributed by atoms with Gasteiger partial charge in [0.05, 0.1) is 17.1 Å². The van der Waals surface area contributed by atoms with Gasteiger partial charge in [0, 0.05) is 5.69 Å². The van der Waals surface area contributed by atoms with Crippen molar-refractivity contribution < 1.29 is 17.9 Å². The van der Waals surface area contributed by atoms with Gasteiger partial charge in [0.25, 0.3) is 15.9 Å². The topological polar surface area (TPSA) is 75.7 Å². The molecule has 1 aliphatic heterocycles. The lowest BCUT2D eigenvalue weighted by atomic mass is 10.1. The first kappa shape index (κ1) is 20.9. The van der Waals surface area contributed by atoms with Crippen molar-refractivity contribution in [1.29, 1.82) is 0 Å². The quantitative estimate of drug-likeness (QED) is 0.665. The first-order valence-electron chi connectivity index (χ1n) is 9.98. The van der Waals surface area contributed by atoms with Crippen LogP contribution in [0.15, 0.2) is 71.6 Å². The average molecular weight is 437 g/mol. The fourth-order valence-electron chi connectivity index (χ4n) is 3.51. The fraction of sp³-hybridized carbons (Fsp3) is 0.208. The van der Waals surface area contributed by atoms with E-state index in [1.165, 1.54) is 4.31 Å². The van der Waals surface area contributed by atoms with Gasteiger partial charge in [-0.25, -0.2) is 8.42 Å². The van der Waals surface area contributed by atoms with Gasteiger partial charge in [0.2, 0.25) is 0 Å². The van der Waals surface area contributed by atoms with Gasteiger partial charge in [0.15, 0.2) is 6.10 Å². The summed E-state index contributed by atoms with van der Waals surface area (Å²) in [5.74, 6) is -0.0436. The zero-order valence-electron chi connectivity index (χ0n) is 17.6. The van der Waals surface area contributed by atoms with Crippen molar-refractivity contribution in [3.05, 3.63) is 83.4 Å². The lowest BCUT2D eigenvalue weighted by Gasteiger charge is -2.35. The van der Waals surface area contributed by atoms with Gasteiger partial charge in [-0.2, -0.15) is 0 Å². The van der Waals surface area contributed by atoms with Crippen LogP contribution >= 0.6 is 0 Å². The number of ether oxygens (including phenoxy) is 1. The molecule has 1 amide bonds. The average Bonchev–Trinajstić information content (AvgIpc) is 2.73. The lowest BCUT2D eigenvalue weighted by molar-refractivity contribution is -0.122. The molecule has 6 nitrogen and oxygen atoms in total. The minimum atomic E-state index is -3.88. The third-order valence-corrected chi connectivity index (χ3v) is 6.96. The van der Waals surface area contributed by atoms with Gasteiger partial charge in [-0.15, -0.1) is 0 Å². The predicted molar refractivity (Wildman–Crippen MR) is 121 cm³/mol. The number of benzene rings is 3. The van der Waals surface area contributed by atoms with Crippen LogP contribution in [0.2, 0.25) is 0 Å². The van der Waals surface area contributed by atoms with Crippen molar-refractivity contribution in [2.45, 2.75) is 31.8 Å². The van der Waals surface area contributed by atoms with E-state index in [1.54, 1.807) is 42.5 Å². The molecule has 7 heteroatoms. The Morgan fingerprint density at radius 3 is 2.32 bits per heavy atom.